The SMILES string of the molecule is NCC1(NS(=O)(=O)c2c(F)c(F)cc(F)c2F)CCCC1. The Balaban J connectivity index is 2.50. The van der Waals surface area contributed by atoms with Crippen LogP contribution in [0.15, 0.2) is 11.0 Å². The van der Waals surface area contributed by atoms with Gasteiger partial charge in [0, 0.05) is 18.2 Å². The lowest BCUT2D eigenvalue weighted by Crippen LogP contribution is -2.51. The number of sulfonamides is 1. The standard InChI is InChI=1S/C12H14F4N2O2S/c13-7-5-8(14)10(16)11(9(7)15)21(19,20)18-12(6-17)3-1-2-4-12/h5,18H,1-4,6,17H2. The maximum atomic E-state index is 13.6. The number of hydrogen-bond acceptors (Lipinski definition) is 3. The van der Waals surface area contributed by atoms with Crippen molar-refractivity contribution in [2.24, 2.45) is 5.73 Å². The Hall–Kier alpha value is -1.19. The van der Waals surface area contributed by atoms with Crippen molar-refractivity contribution in [3.05, 3.63) is 29.3 Å². The summed E-state index contributed by atoms with van der Waals surface area (Å²) in [5.74, 6) is -7.46. The van der Waals surface area contributed by atoms with Crippen molar-refractivity contribution in [2.45, 2.75) is 36.1 Å². The van der Waals surface area contributed by atoms with Gasteiger partial charge in [0.1, 0.15) is 0 Å². The van der Waals surface area contributed by atoms with E-state index in [0.29, 0.717) is 25.7 Å². The van der Waals surface area contributed by atoms with E-state index in [2.05, 4.69) is 4.72 Å². The molecule has 1 saturated carbocycles. The van der Waals surface area contributed by atoms with E-state index in [-0.39, 0.29) is 12.6 Å². The number of halogens is 4. The average Bonchev–Trinajstić information content (AvgIpc) is 2.85. The van der Waals surface area contributed by atoms with Gasteiger partial charge in [0.2, 0.25) is 10.0 Å². The molecular formula is C12H14F4N2O2S. The van der Waals surface area contributed by atoms with Gasteiger partial charge in [0.05, 0.1) is 0 Å². The maximum absolute atomic E-state index is 13.6. The summed E-state index contributed by atoms with van der Waals surface area (Å²) in [5, 5.41) is 0. The van der Waals surface area contributed by atoms with Crippen molar-refractivity contribution in [3.8, 4) is 0 Å². The summed E-state index contributed by atoms with van der Waals surface area (Å²) >= 11 is 0. The Bertz CT molecular complexity index is 631. The summed E-state index contributed by atoms with van der Waals surface area (Å²) in [4.78, 5) is -1.65. The van der Waals surface area contributed by atoms with E-state index in [0.717, 1.165) is 0 Å². The first-order valence-corrected chi connectivity index (χ1v) is 7.78. The third-order valence-corrected chi connectivity index (χ3v) is 5.24. The first kappa shape index (κ1) is 16.2. The van der Waals surface area contributed by atoms with Gasteiger partial charge >= 0.3 is 0 Å². The Morgan fingerprint density at radius 3 is 2.00 bits per heavy atom. The Kier molecular flexibility index (Phi) is 4.27. The fourth-order valence-corrected chi connectivity index (χ4v) is 4.15. The van der Waals surface area contributed by atoms with Crippen molar-refractivity contribution in [3.63, 3.8) is 0 Å². The van der Waals surface area contributed by atoms with Crippen molar-refractivity contribution < 1.29 is 26.0 Å². The molecule has 0 aliphatic heterocycles. The van der Waals surface area contributed by atoms with Crippen molar-refractivity contribution in [1.82, 2.24) is 4.72 Å². The van der Waals surface area contributed by atoms with Crippen LogP contribution in [0.5, 0.6) is 0 Å². The molecule has 1 aromatic carbocycles. The predicted molar refractivity (Wildman–Crippen MR) is 66.8 cm³/mol. The number of rotatable bonds is 4. The summed E-state index contributed by atoms with van der Waals surface area (Å²) in [6.07, 6.45) is 2.18. The molecule has 9 heteroatoms. The van der Waals surface area contributed by atoms with E-state index in [4.69, 9.17) is 5.73 Å². The van der Waals surface area contributed by atoms with Crippen LogP contribution in [-0.2, 0) is 10.0 Å². The molecule has 0 bridgehead atoms. The molecule has 0 amide bonds. The number of nitrogens with two attached hydrogens (primary N) is 1. The zero-order chi connectivity index (χ0) is 15.8. The molecule has 3 N–H and O–H groups in total. The summed E-state index contributed by atoms with van der Waals surface area (Å²) in [5.41, 5.74) is 4.49. The summed E-state index contributed by atoms with van der Waals surface area (Å²) < 4.78 is 79.8. The maximum Gasteiger partial charge on any atom is 0.247 e. The highest BCUT2D eigenvalue weighted by atomic mass is 32.2. The zero-order valence-electron chi connectivity index (χ0n) is 10.9. The molecule has 0 aromatic heterocycles. The molecule has 0 spiro atoms. The smallest absolute Gasteiger partial charge is 0.247 e. The molecule has 118 valence electrons. The van der Waals surface area contributed by atoms with Gasteiger partial charge in [-0.25, -0.2) is 30.7 Å². The molecule has 1 aliphatic rings. The van der Waals surface area contributed by atoms with Gasteiger partial charge in [-0.3, -0.25) is 0 Å². The molecule has 4 nitrogen and oxygen atoms in total. The number of hydrogen-bond donors (Lipinski definition) is 2. The fourth-order valence-electron chi connectivity index (χ4n) is 2.52. The normalized spacial score (nSPS) is 18.1. The minimum absolute atomic E-state index is 0.0437. The van der Waals surface area contributed by atoms with Crippen molar-refractivity contribution in [2.75, 3.05) is 6.54 Å². The molecule has 0 atom stereocenters. The molecule has 1 aliphatic carbocycles. The van der Waals surface area contributed by atoms with E-state index in [1.54, 1.807) is 0 Å². The van der Waals surface area contributed by atoms with E-state index in [1.165, 1.54) is 0 Å². The molecule has 1 fully saturated rings. The molecule has 0 unspecified atom stereocenters. The lowest BCUT2D eigenvalue weighted by atomic mass is 10.0. The van der Waals surface area contributed by atoms with Crippen molar-refractivity contribution >= 4 is 10.0 Å². The number of nitrogens with one attached hydrogen (secondary N) is 1. The van der Waals surface area contributed by atoms with Gasteiger partial charge in [0.15, 0.2) is 28.2 Å². The van der Waals surface area contributed by atoms with Crippen LogP contribution in [0.4, 0.5) is 17.6 Å². The lowest BCUT2D eigenvalue weighted by molar-refractivity contribution is 0.387. The first-order valence-electron chi connectivity index (χ1n) is 6.29. The summed E-state index contributed by atoms with van der Waals surface area (Å²) in [6.45, 7) is -0.0761. The Morgan fingerprint density at radius 1 is 1.10 bits per heavy atom. The predicted octanol–water partition coefficient (Wildman–Crippen LogP) is 1.79. The van der Waals surface area contributed by atoms with Crippen LogP contribution < -0.4 is 10.5 Å². The van der Waals surface area contributed by atoms with Crippen molar-refractivity contribution in [1.29, 1.82) is 0 Å². The quantitative estimate of drug-likeness (QED) is 0.654. The highest BCUT2D eigenvalue weighted by molar-refractivity contribution is 7.89. The second-order valence-corrected chi connectivity index (χ2v) is 6.71. The minimum Gasteiger partial charge on any atom is -0.329 e. The van der Waals surface area contributed by atoms with Gasteiger partial charge in [-0.15, -0.1) is 0 Å². The van der Waals surface area contributed by atoms with Crippen LogP contribution in [0.1, 0.15) is 25.7 Å². The highest BCUT2D eigenvalue weighted by Crippen LogP contribution is 2.32. The van der Waals surface area contributed by atoms with Gasteiger partial charge in [-0.2, -0.15) is 0 Å². The fraction of sp³-hybridized carbons (Fsp3) is 0.500. The van der Waals surface area contributed by atoms with E-state index < -0.39 is 43.7 Å². The van der Waals surface area contributed by atoms with E-state index in [9.17, 15) is 26.0 Å². The van der Waals surface area contributed by atoms with Gasteiger partial charge in [0.25, 0.3) is 0 Å². The van der Waals surface area contributed by atoms with Gasteiger partial charge in [-0.1, -0.05) is 12.8 Å². The largest absolute Gasteiger partial charge is 0.329 e. The molecule has 0 radical (unpaired) electrons. The van der Waals surface area contributed by atoms with Crippen LogP contribution in [0.25, 0.3) is 0 Å². The Labute approximate surface area is 119 Å². The van der Waals surface area contributed by atoms with Gasteiger partial charge in [-0.05, 0) is 12.8 Å². The minimum atomic E-state index is -4.78. The molecule has 0 heterocycles. The average molecular weight is 326 g/mol. The third kappa shape index (κ3) is 2.90. The van der Waals surface area contributed by atoms with Crippen LogP contribution in [0, 0.1) is 23.3 Å². The van der Waals surface area contributed by atoms with Crippen LogP contribution in [0.3, 0.4) is 0 Å². The van der Waals surface area contributed by atoms with E-state index >= 15 is 0 Å². The highest BCUT2D eigenvalue weighted by Gasteiger charge is 2.39. The molecule has 21 heavy (non-hydrogen) atoms. The topological polar surface area (TPSA) is 72.2 Å². The molecule has 2 rings (SSSR count). The Morgan fingerprint density at radius 2 is 1.57 bits per heavy atom. The second-order valence-electron chi connectivity index (χ2n) is 5.09. The van der Waals surface area contributed by atoms with Gasteiger partial charge < -0.3 is 5.73 Å². The number of benzene rings is 1. The summed E-state index contributed by atoms with van der Waals surface area (Å²) in [7, 11) is -4.78. The second kappa shape index (κ2) is 5.54. The van der Waals surface area contributed by atoms with Crippen LogP contribution in [-0.4, -0.2) is 20.5 Å². The third-order valence-electron chi connectivity index (χ3n) is 3.64. The molecule has 0 saturated heterocycles. The zero-order valence-corrected chi connectivity index (χ0v) is 11.7. The van der Waals surface area contributed by atoms with Crippen LogP contribution >= 0.6 is 0 Å². The summed E-state index contributed by atoms with van der Waals surface area (Å²) in [6, 6.07) is -0.0437. The van der Waals surface area contributed by atoms with Crippen LogP contribution in [0.2, 0.25) is 0 Å². The molecular weight excluding hydrogens is 312 g/mol. The van der Waals surface area contributed by atoms with E-state index in [1.807, 2.05) is 0 Å². The lowest BCUT2D eigenvalue weighted by Gasteiger charge is -2.28. The monoisotopic (exact) mass is 326 g/mol. The first-order chi connectivity index (χ1) is 9.72. The molecule has 1 aromatic rings.